The van der Waals surface area contributed by atoms with Crippen LogP contribution in [0.4, 0.5) is 0 Å². The molecule has 2 aromatic heterocycles. The number of allylic oxidation sites excluding steroid dienone is 4. The van der Waals surface area contributed by atoms with E-state index in [0.717, 1.165) is 49.8 Å². The van der Waals surface area contributed by atoms with Gasteiger partial charge in [-0.25, -0.2) is 13.4 Å². The summed E-state index contributed by atoms with van der Waals surface area (Å²) >= 11 is 0. The van der Waals surface area contributed by atoms with E-state index < -0.39 is 15.8 Å². The van der Waals surface area contributed by atoms with Crippen LogP contribution in [0.1, 0.15) is 50.6 Å². The molecule has 1 fully saturated rings. The van der Waals surface area contributed by atoms with E-state index in [1.807, 2.05) is 12.1 Å². The molecule has 0 aliphatic heterocycles. The number of fused-ring (bicyclic) bond motifs is 1. The van der Waals surface area contributed by atoms with Gasteiger partial charge in [0.05, 0.1) is 21.6 Å². The first-order valence-corrected chi connectivity index (χ1v) is 13.9. The molecule has 2 aliphatic carbocycles. The van der Waals surface area contributed by atoms with Gasteiger partial charge in [0.15, 0.2) is 9.84 Å². The number of H-pyrrole nitrogens is 1. The topological polar surface area (TPSA) is 113 Å². The molecule has 2 aliphatic rings. The van der Waals surface area contributed by atoms with Crippen molar-refractivity contribution in [2.45, 2.75) is 49.8 Å². The predicted molar refractivity (Wildman–Crippen MR) is 135 cm³/mol. The molecule has 7 nitrogen and oxygen atoms in total. The lowest BCUT2D eigenvalue weighted by molar-refractivity contribution is -0.138. The first-order chi connectivity index (χ1) is 16.8. The summed E-state index contributed by atoms with van der Waals surface area (Å²) in [5, 5.41) is 9.02. The van der Waals surface area contributed by atoms with Gasteiger partial charge in [0.1, 0.15) is 5.82 Å². The Kier molecular flexibility index (Phi) is 6.32. The standard InChI is InChI=1S/C27H29N3O4S/c1-35(33,34)22-11-13-24-25(15-22)30-27(29-24)21-10-12-23(28-16-21)20-8-6-19(7-9-20)18-4-2-17(3-5-18)14-26(31)32/h6,8,10-13,15-18H,2-5,7,9,14H2,1H3,(H,29,30)(H,31,32). The highest BCUT2D eigenvalue weighted by Gasteiger charge is 2.26. The van der Waals surface area contributed by atoms with Crippen LogP contribution < -0.4 is 0 Å². The molecule has 1 aromatic carbocycles. The number of carboxylic acids is 1. The number of aromatic nitrogens is 3. The lowest BCUT2D eigenvalue weighted by Crippen LogP contribution is -2.19. The summed E-state index contributed by atoms with van der Waals surface area (Å²) in [5.41, 5.74) is 5.87. The molecule has 3 aromatic rings. The average Bonchev–Trinajstić information content (AvgIpc) is 3.28. The van der Waals surface area contributed by atoms with Gasteiger partial charge < -0.3 is 10.1 Å². The minimum absolute atomic E-state index is 0.263. The van der Waals surface area contributed by atoms with E-state index >= 15 is 0 Å². The zero-order valence-corrected chi connectivity index (χ0v) is 20.5. The van der Waals surface area contributed by atoms with Crippen molar-refractivity contribution in [2.75, 3.05) is 6.26 Å². The van der Waals surface area contributed by atoms with E-state index in [9.17, 15) is 13.2 Å². The number of imidazole rings is 1. The van der Waals surface area contributed by atoms with Gasteiger partial charge in [-0.15, -0.1) is 0 Å². The van der Waals surface area contributed by atoms with Crippen molar-refractivity contribution in [2.24, 2.45) is 11.8 Å². The Labute approximate surface area is 204 Å². The van der Waals surface area contributed by atoms with Crippen molar-refractivity contribution < 1.29 is 18.3 Å². The zero-order valence-electron chi connectivity index (χ0n) is 19.7. The van der Waals surface area contributed by atoms with Gasteiger partial charge in [-0.05, 0) is 86.3 Å². The average molecular weight is 492 g/mol. The fourth-order valence-electron chi connectivity index (χ4n) is 5.27. The SMILES string of the molecule is CS(=O)(=O)c1ccc2nc(-c3ccc(C4=CC=C(C5CCC(CC(=O)O)CC5)CC4)nc3)[nH]c2c1. The highest BCUT2D eigenvalue weighted by Crippen LogP contribution is 2.39. The molecule has 0 atom stereocenters. The summed E-state index contributed by atoms with van der Waals surface area (Å²) in [5.74, 6) is 0.876. The van der Waals surface area contributed by atoms with Gasteiger partial charge in [-0.1, -0.05) is 17.7 Å². The molecule has 0 spiro atoms. The van der Waals surface area contributed by atoms with Gasteiger partial charge in [0.2, 0.25) is 0 Å². The summed E-state index contributed by atoms with van der Waals surface area (Å²) in [6, 6.07) is 8.89. The van der Waals surface area contributed by atoms with Crippen LogP contribution >= 0.6 is 0 Å². The molecular formula is C27H29N3O4S. The number of carbonyl (C=O) groups is 1. The van der Waals surface area contributed by atoms with Crippen LogP contribution in [-0.2, 0) is 14.6 Å². The lowest BCUT2D eigenvalue weighted by atomic mass is 9.75. The van der Waals surface area contributed by atoms with Gasteiger partial charge in [-0.2, -0.15) is 0 Å². The molecule has 2 heterocycles. The number of hydrogen-bond donors (Lipinski definition) is 2. The number of rotatable bonds is 6. The second kappa shape index (κ2) is 9.41. The van der Waals surface area contributed by atoms with Crippen molar-refractivity contribution in [3.05, 3.63) is 59.9 Å². The monoisotopic (exact) mass is 491 g/mol. The minimum atomic E-state index is -3.28. The first-order valence-electron chi connectivity index (χ1n) is 12.0. The molecule has 182 valence electrons. The van der Waals surface area contributed by atoms with E-state index in [1.165, 1.54) is 17.4 Å². The van der Waals surface area contributed by atoms with Gasteiger partial charge in [0, 0.05) is 24.4 Å². The summed E-state index contributed by atoms with van der Waals surface area (Å²) in [6.07, 6.45) is 13.9. The third kappa shape index (κ3) is 5.22. The normalized spacial score (nSPS) is 20.9. The zero-order chi connectivity index (χ0) is 24.6. The fraction of sp³-hybridized carbons (Fsp3) is 0.370. The van der Waals surface area contributed by atoms with Crippen LogP contribution in [0, 0.1) is 11.8 Å². The van der Waals surface area contributed by atoms with Crippen LogP contribution in [0.25, 0.3) is 28.0 Å². The van der Waals surface area contributed by atoms with Crippen molar-refractivity contribution in [1.82, 2.24) is 15.0 Å². The molecule has 5 rings (SSSR count). The maximum atomic E-state index is 11.8. The Morgan fingerprint density at radius 1 is 1.09 bits per heavy atom. The number of benzene rings is 1. The van der Waals surface area contributed by atoms with E-state index in [1.54, 1.807) is 24.4 Å². The predicted octanol–water partition coefficient (Wildman–Crippen LogP) is 5.41. The number of pyridine rings is 1. The second-order valence-electron chi connectivity index (χ2n) is 9.72. The maximum absolute atomic E-state index is 11.8. The molecule has 0 bridgehead atoms. The van der Waals surface area contributed by atoms with Crippen molar-refractivity contribution in [1.29, 1.82) is 0 Å². The number of aromatic amines is 1. The number of aliphatic carboxylic acids is 1. The lowest BCUT2D eigenvalue weighted by Gasteiger charge is -2.30. The molecular weight excluding hydrogens is 462 g/mol. The summed E-state index contributed by atoms with van der Waals surface area (Å²) < 4.78 is 23.7. The number of hydrogen-bond acceptors (Lipinski definition) is 5. The molecule has 35 heavy (non-hydrogen) atoms. The summed E-state index contributed by atoms with van der Waals surface area (Å²) in [6.45, 7) is 0. The molecule has 0 saturated heterocycles. The first kappa shape index (κ1) is 23.5. The third-order valence-corrected chi connectivity index (χ3v) is 8.37. The van der Waals surface area contributed by atoms with Crippen LogP contribution in [-0.4, -0.2) is 40.7 Å². The molecule has 1 saturated carbocycles. The van der Waals surface area contributed by atoms with Crippen LogP contribution in [0.3, 0.4) is 0 Å². The molecule has 8 heteroatoms. The quantitative estimate of drug-likeness (QED) is 0.476. The van der Waals surface area contributed by atoms with Crippen molar-refractivity contribution in [3.8, 4) is 11.4 Å². The van der Waals surface area contributed by atoms with E-state index in [-0.39, 0.29) is 4.90 Å². The van der Waals surface area contributed by atoms with Crippen molar-refractivity contribution >= 4 is 32.4 Å². The molecule has 2 N–H and O–H groups in total. The smallest absolute Gasteiger partial charge is 0.303 e. The van der Waals surface area contributed by atoms with Gasteiger partial charge in [-0.3, -0.25) is 9.78 Å². The van der Waals surface area contributed by atoms with Gasteiger partial charge in [0.25, 0.3) is 0 Å². The Hall–Kier alpha value is -3.26. The summed E-state index contributed by atoms with van der Waals surface area (Å²) in [4.78, 5) is 23.7. The number of carboxylic acid groups (broad SMARTS) is 1. The summed E-state index contributed by atoms with van der Waals surface area (Å²) in [7, 11) is -3.28. The van der Waals surface area contributed by atoms with Crippen LogP contribution in [0.2, 0.25) is 0 Å². The number of sulfone groups is 1. The highest BCUT2D eigenvalue weighted by atomic mass is 32.2. The molecule has 0 amide bonds. The maximum Gasteiger partial charge on any atom is 0.303 e. The number of nitrogens with zero attached hydrogens (tertiary/aromatic N) is 2. The highest BCUT2D eigenvalue weighted by molar-refractivity contribution is 7.90. The minimum Gasteiger partial charge on any atom is -0.481 e. The van der Waals surface area contributed by atoms with Crippen molar-refractivity contribution in [3.63, 3.8) is 0 Å². The molecule has 0 unspecified atom stereocenters. The van der Waals surface area contributed by atoms with E-state index in [2.05, 4.69) is 27.1 Å². The van der Waals surface area contributed by atoms with Crippen LogP contribution in [0.5, 0.6) is 0 Å². The Balaban J connectivity index is 1.28. The van der Waals surface area contributed by atoms with Gasteiger partial charge >= 0.3 is 5.97 Å². The third-order valence-electron chi connectivity index (χ3n) is 7.26. The largest absolute Gasteiger partial charge is 0.481 e. The van der Waals surface area contributed by atoms with Crippen LogP contribution in [0.15, 0.2) is 59.1 Å². The number of nitrogens with one attached hydrogen (secondary N) is 1. The Morgan fingerprint density at radius 3 is 2.51 bits per heavy atom. The Morgan fingerprint density at radius 2 is 1.89 bits per heavy atom. The van der Waals surface area contributed by atoms with E-state index in [0.29, 0.717) is 35.1 Å². The Bertz CT molecular complexity index is 1430. The van der Waals surface area contributed by atoms with E-state index in [4.69, 9.17) is 5.11 Å². The fourth-order valence-corrected chi connectivity index (χ4v) is 5.92. The second-order valence-corrected chi connectivity index (χ2v) is 11.7. The molecule has 0 radical (unpaired) electrons.